The normalized spacial score (nSPS) is 27.3. The largest absolute Gasteiger partial charge is 0.492 e. The van der Waals surface area contributed by atoms with Crippen LogP contribution in [0.5, 0.6) is 28.7 Å². The molecule has 0 spiro atoms. The van der Waals surface area contributed by atoms with Crippen LogP contribution >= 0.6 is 0 Å². The lowest BCUT2D eigenvalue weighted by molar-refractivity contribution is -0.288. The van der Waals surface area contributed by atoms with E-state index in [1.807, 2.05) is 12.1 Å². The summed E-state index contributed by atoms with van der Waals surface area (Å²) >= 11 is 0. The summed E-state index contributed by atoms with van der Waals surface area (Å²) in [6.45, 7) is 4.76. The Morgan fingerprint density at radius 1 is 0.727 bits per heavy atom. The van der Waals surface area contributed by atoms with Crippen LogP contribution in [0.2, 0.25) is 0 Å². The van der Waals surface area contributed by atoms with Crippen LogP contribution in [0.3, 0.4) is 0 Å². The van der Waals surface area contributed by atoms with E-state index in [2.05, 4.69) is 0 Å². The standard InChI is InChI=1S/C30H30O14/c1-13(31)35-11-25-27(39-14(2)32)28(40-15(3)33)29(41-16(4)34)30(44-25)42-17-5-6-18-21(7-17)36-10-20-19-8-23-24(38-12-37-23)9-22(19)43-26(18)20/h5-9,20,25-30H,10-12H2,1-4H3. The molecule has 234 valence electrons. The SMILES string of the molecule is CC(=O)OCC1OC(Oc2ccc3c(c2)OCC2c4cc5c(cc4OC32)OCO5)C(OC(C)=O)C(OC(C)=O)C1OC(C)=O. The zero-order valence-electron chi connectivity index (χ0n) is 24.3. The molecule has 0 radical (unpaired) electrons. The summed E-state index contributed by atoms with van der Waals surface area (Å²) in [4.78, 5) is 47.8. The van der Waals surface area contributed by atoms with Crippen molar-refractivity contribution in [3.05, 3.63) is 41.5 Å². The number of rotatable bonds is 7. The molecule has 0 aliphatic carbocycles. The van der Waals surface area contributed by atoms with Gasteiger partial charge < -0.3 is 47.4 Å². The number of esters is 4. The molecule has 1 fully saturated rings. The first-order valence-electron chi connectivity index (χ1n) is 13.9. The molecular weight excluding hydrogens is 584 g/mol. The first-order valence-corrected chi connectivity index (χ1v) is 13.9. The van der Waals surface area contributed by atoms with Gasteiger partial charge in [-0.1, -0.05) is 0 Å². The number of benzene rings is 2. The Bertz CT molecular complexity index is 1490. The van der Waals surface area contributed by atoms with Crippen molar-refractivity contribution in [2.45, 2.75) is 70.4 Å². The van der Waals surface area contributed by atoms with Crippen LogP contribution in [-0.2, 0) is 42.9 Å². The highest BCUT2D eigenvalue weighted by molar-refractivity contribution is 5.69. The Kier molecular flexibility index (Phi) is 7.84. The summed E-state index contributed by atoms with van der Waals surface area (Å²) in [7, 11) is 0. The molecule has 0 bridgehead atoms. The Morgan fingerprint density at radius 2 is 1.41 bits per heavy atom. The lowest BCUT2D eigenvalue weighted by atomic mass is 9.89. The molecule has 0 aromatic heterocycles. The second-order valence-electron chi connectivity index (χ2n) is 10.6. The van der Waals surface area contributed by atoms with E-state index >= 15 is 0 Å². The van der Waals surface area contributed by atoms with Crippen LogP contribution in [-0.4, -0.2) is 74.6 Å². The van der Waals surface area contributed by atoms with Crippen LogP contribution in [0.15, 0.2) is 30.3 Å². The van der Waals surface area contributed by atoms with Crippen molar-refractivity contribution >= 4 is 23.9 Å². The molecule has 4 aliphatic rings. The van der Waals surface area contributed by atoms with Gasteiger partial charge in [-0.15, -0.1) is 0 Å². The van der Waals surface area contributed by atoms with Gasteiger partial charge in [-0.3, -0.25) is 19.2 Å². The molecular formula is C30H30O14. The van der Waals surface area contributed by atoms with Crippen molar-refractivity contribution in [1.29, 1.82) is 0 Å². The van der Waals surface area contributed by atoms with Gasteiger partial charge in [-0.05, 0) is 18.2 Å². The lowest BCUT2D eigenvalue weighted by Gasteiger charge is -2.44. The monoisotopic (exact) mass is 614 g/mol. The van der Waals surface area contributed by atoms with Crippen LogP contribution in [0.25, 0.3) is 0 Å². The highest BCUT2D eigenvalue weighted by Crippen LogP contribution is 2.54. The number of hydrogen-bond acceptors (Lipinski definition) is 14. The molecule has 14 heteroatoms. The lowest BCUT2D eigenvalue weighted by Crippen LogP contribution is -2.63. The predicted molar refractivity (Wildman–Crippen MR) is 143 cm³/mol. The Labute approximate surface area is 251 Å². The minimum atomic E-state index is -1.38. The van der Waals surface area contributed by atoms with E-state index in [1.165, 1.54) is 6.92 Å². The van der Waals surface area contributed by atoms with Gasteiger partial charge in [-0.2, -0.15) is 0 Å². The third-order valence-electron chi connectivity index (χ3n) is 7.43. The second-order valence-corrected chi connectivity index (χ2v) is 10.6. The van der Waals surface area contributed by atoms with Gasteiger partial charge in [0.15, 0.2) is 23.7 Å². The molecule has 44 heavy (non-hydrogen) atoms. The number of hydrogen-bond donors (Lipinski definition) is 0. The van der Waals surface area contributed by atoms with Crippen LogP contribution in [0, 0.1) is 0 Å². The van der Waals surface area contributed by atoms with Crippen molar-refractivity contribution in [3.8, 4) is 28.7 Å². The van der Waals surface area contributed by atoms with E-state index in [1.54, 1.807) is 18.2 Å². The summed E-state index contributed by atoms with van der Waals surface area (Å²) in [5.41, 5.74) is 1.75. The van der Waals surface area contributed by atoms with Gasteiger partial charge in [0.1, 0.15) is 36.1 Å². The molecule has 7 unspecified atom stereocenters. The summed E-state index contributed by atoms with van der Waals surface area (Å²) in [6.07, 6.45) is -6.85. The molecule has 14 nitrogen and oxygen atoms in total. The van der Waals surface area contributed by atoms with Crippen molar-refractivity contribution in [2.24, 2.45) is 0 Å². The summed E-state index contributed by atoms with van der Waals surface area (Å²) < 4.78 is 57.1. The topological polar surface area (TPSA) is 161 Å². The number of carbonyl (C=O) groups is 4. The Hall–Kier alpha value is -4.72. The maximum atomic E-state index is 12.1. The molecule has 0 amide bonds. The van der Waals surface area contributed by atoms with Crippen LogP contribution < -0.4 is 23.7 Å². The summed E-state index contributed by atoms with van der Waals surface area (Å²) in [5.74, 6) is -0.152. The first-order chi connectivity index (χ1) is 21.1. The van der Waals surface area contributed by atoms with Crippen molar-refractivity contribution in [3.63, 3.8) is 0 Å². The second kappa shape index (κ2) is 11.8. The fourth-order valence-electron chi connectivity index (χ4n) is 5.72. The van der Waals surface area contributed by atoms with Crippen LogP contribution in [0.4, 0.5) is 0 Å². The van der Waals surface area contributed by atoms with Gasteiger partial charge in [-0.25, -0.2) is 0 Å². The fourth-order valence-corrected chi connectivity index (χ4v) is 5.72. The van der Waals surface area contributed by atoms with Crippen LogP contribution in [0.1, 0.15) is 50.8 Å². The van der Waals surface area contributed by atoms with Gasteiger partial charge in [0.25, 0.3) is 0 Å². The van der Waals surface area contributed by atoms with Crippen molar-refractivity contribution in [2.75, 3.05) is 20.0 Å². The van der Waals surface area contributed by atoms with Crippen molar-refractivity contribution < 1.29 is 66.5 Å². The molecule has 2 aromatic rings. The zero-order chi connectivity index (χ0) is 31.1. The van der Waals surface area contributed by atoms with E-state index < -0.39 is 54.6 Å². The fraction of sp³-hybridized carbons (Fsp3) is 0.467. The minimum absolute atomic E-state index is 0.0708. The maximum Gasteiger partial charge on any atom is 0.303 e. The van der Waals surface area contributed by atoms with Gasteiger partial charge in [0.05, 0.1) is 12.5 Å². The van der Waals surface area contributed by atoms with E-state index in [-0.39, 0.29) is 31.2 Å². The molecule has 4 aliphatic heterocycles. The average molecular weight is 615 g/mol. The zero-order valence-corrected chi connectivity index (χ0v) is 24.3. The van der Waals surface area contributed by atoms with E-state index in [4.69, 9.17) is 47.4 Å². The molecule has 6 rings (SSSR count). The Balaban J connectivity index is 1.27. The van der Waals surface area contributed by atoms with E-state index in [0.717, 1.165) is 31.9 Å². The quantitative estimate of drug-likeness (QED) is 0.330. The number of ether oxygens (including phenoxy) is 10. The van der Waals surface area contributed by atoms with E-state index in [0.29, 0.717) is 29.6 Å². The average Bonchev–Trinajstić information content (AvgIpc) is 3.56. The van der Waals surface area contributed by atoms with Gasteiger partial charge in [0.2, 0.25) is 19.2 Å². The van der Waals surface area contributed by atoms with Gasteiger partial charge in [0, 0.05) is 51.0 Å². The number of fused-ring (bicyclic) bond motifs is 6. The summed E-state index contributed by atoms with van der Waals surface area (Å²) in [6, 6.07) is 8.82. The maximum absolute atomic E-state index is 12.1. The summed E-state index contributed by atoms with van der Waals surface area (Å²) in [5, 5.41) is 0. The van der Waals surface area contributed by atoms with Crippen molar-refractivity contribution in [1.82, 2.24) is 0 Å². The molecule has 4 heterocycles. The number of carbonyl (C=O) groups excluding carboxylic acids is 4. The van der Waals surface area contributed by atoms with Gasteiger partial charge >= 0.3 is 23.9 Å². The minimum Gasteiger partial charge on any atom is -0.492 e. The molecule has 1 saturated heterocycles. The third kappa shape index (κ3) is 5.76. The highest BCUT2D eigenvalue weighted by Gasteiger charge is 2.53. The Morgan fingerprint density at radius 3 is 2.11 bits per heavy atom. The molecule has 2 aromatic carbocycles. The first kappa shape index (κ1) is 29.4. The predicted octanol–water partition coefficient (Wildman–Crippen LogP) is 2.49. The molecule has 0 saturated carbocycles. The highest BCUT2D eigenvalue weighted by atomic mass is 16.7. The molecule has 7 atom stereocenters. The molecule has 0 N–H and O–H groups in total. The third-order valence-corrected chi connectivity index (χ3v) is 7.43. The smallest absolute Gasteiger partial charge is 0.303 e. The van der Waals surface area contributed by atoms with E-state index in [9.17, 15) is 19.2 Å².